The van der Waals surface area contributed by atoms with E-state index in [0.29, 0.717) is 13.0 Å². The highest BCUT2D eigenvalue weighted by Crippen LogP contribution is 2.65. The summed E-state index contributed by atoms with van der Waals surface area (Å²) in [5, 5.41) is 10.1. The molecule has 2 amide bonds. The summed E-state index contributed by atoms with van der Waals surface area (Å²) in [5.41, 5.74) is 1.89. The van der Waals surface area contributed by atoms with Crippen molar-refractivity contribution >= 4 is 33.4 Å². The lowest BCUT2D eigenvalue weighted by molar-refractivity contribution is -0.128. The molecule has 4 bridgehead atoms. The molecule has 0 radical (unpaired) electrons. The number of hydrogen-bond acceptors (Lipinski definition) is 3. The van der Waals surface area contributed by atoms with Gasteiger partial charge in [-0.3, -0.25) is 14.3 Å². The lowest BCUT2D eigenvalue weighted by Crippen LogP contribution is -2.54. The molecule has 2 unspecified atom stereocenters. The minimum absolute atomic E-state index is 0.129. The van der Waals surface area contributed by atoms with Crippen LogP contribution in [0.15, 0.2) is 42.7 Å². The molecule has 1 heterocycles. The van der Waals surface area contributed by atoms with Crippen LogP contribution in [0.5, 0.6) is 0 Å². The second kappa shape index (κ2) is 8.08. The Morgan fingerprint density at radius 2 is 1.94 bits per heavy atom. The van der Waals surface area contributed by atoms with E-state index < -0.39 is 0 Å². The van der Waals surface area contributed by atoms with Crippen molar-refractivity contribution in [1.82, 2.24) is 15.1 Å². The van der Waals surface area contributed by atoms with Crippen molar-refractivity contribution in [3.8, 4) is 0 Å². The van der Waals surface area contributed by atoms with Crippen LogP contribution in [-0.4, -0.2) is 25.9 Å². The molecule has 4 aliphatic carbocycles. The molecule has 0 saturated heterocycles. The highest BCUT2D eigenvalue weighted by atomic mass is 79.9. The molecule has 164 valence electrons. The van der Waals surface area contributed by atoms with Crippen molar-refractivity contribution in [1.29, 1.82) is 0 Å². The molecule has 1 aromatic carbocycles. The predicted molar refractivity (Wildman–Crippen MR) is 123 cm³/mol. The molecule has 4 fully saturated rings. The molecular weight excluding hydrogens is 456 g/mol. The Morgan fingerprint density at radius 1 is 1.13 bits per heavy atom. The maximum atomic E-state index is 12.8. The Kier molecular flexibility index (Phi) is 5.40. The van der Waals surface area contributed by atoms with Gasteiger partial charge in [0, 0.05) is 35.4 Å². The minimum Gasteiger partial charge on any atom is -0.352 e. The van der Waals surface area contributed by atoms with Gasteiger partial charge in [0.25, 0.3) is 0 Å². The first-order valence-electron chi connectivity index (χ1n) is 11.2. The maximum absolute atomic E-state index is 12.8. The number of rotatable bonds is 7. The molecule has 4 aliphatic rings. The molecule has 6 nitrogen and oxygen atoms in total. The molecular formula is C24H29BrN4O2. The van der Waals surface area contributed by atoms with Gasteiger partial charge in [0.1, 0.15) is 6.54 Å². The van der Waals surface area contributed by atoms with E-state index in [1.54, 1.807) is 23.1 Å². The number of carbonyl (C=O) groups excluding carboxylic acids is 2. The van der Waals surface area contributed by atoms with Gasteiger partial charge in [-0.25, -0.2) is 0 Å². The summed E-state index contributed by atoms with van der Waals surface area (Å²) >= 11 is 4.03. The van der Waals surface area contributed by atoms with E-state index in [1.165, 1.54) is 32.1 Å². The number of aromatic nitrogens is 2. The monoisotopic (exact) mass is 484 g/mol. The van der Waals surface area contributed by atoms with E-state index >= 15 is 0 Å². The summed E-state index contributed by atoms with van der Waals surface area (Å²) in [6, 6.07) is 9.44. The van der Waals surface area contributed by atoms with Gasteiger partial charge in [0.05, 0.1) is 0 Å². The van der Waals surface area contributed by atoms with Crippen LogP contribution in [0.1, 0.15) is 50.5 Å². The first-order chi connectivity index (χ1) is 14.9. The van der Waals surface area contributed by atoms with Crippen LogP contribution in [0.2, 0.25) is 0 Å². The van der Waals surface area contributed by atoms with Crippen LogP contribution >= 0.6 is 15.9 Å². The van der Waals surface area contributed by atoms with E-state index in [-0.39, 0.29) is 28.1 Å². The first kappa shape index (κ1) is 20.7. The van der Waals surface area contributed by atoms with E-state index in [2.05, 4.69) is 31.7 Å². The highest BCUT2D eigenvalue weighted by molar-refractivity contribution is 9.10. The van der Waals surface area contributed by atoms with Crippen LogP contribution in [0.4, 0.5) is 5.69 Å². The lowest BCUT2D eigenvalue weighted by atomic mass is 9.48. The molecule has 31 heavy (non-hydrogen) atoms. The van der Waals surface area contributed by atoms with Gasteiger partial charge in [0.2, 0.25) is 11.8 Å². The summed E-state index contributed by atoms with van der Waals surface area (Å²) in [6.07, 6.45) is 11.5. The standard InChI is InChI=1S/C24H29BrN4O2/c25-24-11-18-7-19(12-24)10-23(9-18,16-24)13-21(30)26-14-17-3-1-4-20(8-17)28-22(31)15-29-6-2-5-27-29/h1-6,8,18-19H,7,9-16H2,(H,26,30)(H,28,31). The summed E-state index contributed by atoms with van der Waals surface area (Å²) in [6.45, 7) is 0.650. The lowest BCUT2D eigenvalue weighted by Gasteiger charge is -2.60. The Bertz CT molecular complexity index is 960. The van der Waals surface area contributed by atoms with Gasteiger partial charge >= 0.3 is 0 Å². The highest BCUT2D eigenvalue weighted by Gasteiger charge is 2.57. The smallest absolute Gasteiger partial charge is 0.246 e. The summed E-state index contributed by atoms with van der Waals surface area (Å²) in [7, 11) is 0. The van der Waals surface area contributed by atoms with Gasteiger partial charge in [-0.1, -0.05) is 28.1 Å². The van der Waals surface area contributed by atoms with Gasteiger partial charge in [-0.05, 0) is 79.5 Å². The number of amides is 2. The molecule has 7 heteroatoms. The third kappa shape index (κ3) is 4.71. The zero-order valence-electron chi connectivity index (χ0n) is 17.6. The van der Waals surface area contributed by atoms with Gasteiger partial charge in [-0.15, -0.1) is 0 Å². The third-order valence-electron chi connectivity index (χ3n) is 7.21. The van der Waals surface area contributed by atoms with Gasteiger partial charge < -0.3 is 10.6 Å². The molecule has 2 N–H and O–H groups in total. The van der Waals surface area contributed by atoms with Crippen LogP contribution < -0.4 is 10.6 Å². The zero-order valence-corrected chi connectivity index (χ0v) is 19.2. The van der Waals surface area contributed by atoms with Crippen molar-refractivity contribution in [3.05, 3.63) is 48.3 Å². The minimum atomic E-state index is -0.129. The van der Waals surface area contributed by atoms with Crippen LogP contribution in [0.3, 0.4) is 0 Å². The normalized spacial score (nSPS) is 30.9. The predicted octanol–water partition coefficient (Wildman–Crippen LogP) is 4.26. The summed E-state index contributed by atoms with van der Waals surface area (Å²) in [5.74, 6) is 1.59. The van der Waals surface area contributed by atoms with Crippen molar-refractivity contribution < 1.29 is 9.59 Å². The molecule has 0 spiro atoms. The van der Waals surface area contributed by atoms with Crippen molar-refractivity contribution in [2.75, 3.05) is 5.32 Å². The first-order valence-corrected chi connectivity index (χ1v) is 12.0. The Balaban J connectivity index is 1.15. The zero-order chi connectivity index (χ0) is 21.5. The van der Waals surface area contributed by atoms with Crippen LogP contribution in [0.25, 0.3) is 0 Å². The van der Waals surface area contributed by atoms with Gasteiger partial charge in [0.15, 0.2) is 0 Å². The number of nitrogens with zero attached hydrogens (tertiary/aromatic N) is 2. The summed E-state index contributed by atoms with van der Waals surface area (Å²) in [4.78, 5) is 25.0. The van der Waals surface area contributed by atoms with Crippen LogP contribution in [-0.2, 0) is 22.7 Å². The maximum Gasteiger partial charge on any atom is 0.246 e. The van der Waals surface area contributed by atoms with Crippen LogP contribution in [0, 0.1) is 17.3 Å². The number of alkyl halides is 1. The number of halogens is 1. The topological polar surface area (TPSA) is 76.0 Å². The number of benzene rings is 1. The van der Waals surface area contributed by atoms with E-state index in [1.807, 2.05) is 24.3 Å². The molecule has 0 aliphatic heterocycles. The molecule has 1 aromatic heterocycles. The van der Waals surface area contributed by atoms with E-state index in [4.69, 9.17) is 0 Å². The molecule has 4 saturated carbocycles. The van der Waals surface area contributed by atoms with Crippen molar-refractivity contribution in [3.63, 3.8) is 0 Å². The van der Waals surface area contributed by atoms with E-state index in [0.717, 1.165) is 29.5 Å². The fraction of sp³-hybridized carbons (Fsp3) is 0.542. The Labute approximate surface area is 191 Å². The average Bonchev–Trinajstić information content (AvgIpc) is 3.17. The second-order valence-corrected chi connectivity index (χ2v) is 11.7. The summed E-state index contributed by atoms with van der Waals surface area (Å²) < 4.78 is 1.86. The Morgan fingerprint density at radius 3 is 2.65 bits per heavy atom. The third-order valence-corrected chi connectivity index (χ3v) is 8.14. The second-order valence-electron chi connectivity index (χ2n) is 10.0. The fourth-order valence-corrected chi connectivity index (χ4v) is 8.16. The van der Waals surface area contributed by atoms with Crippen molar-refractivity contribution in [2.24, 2.45) is 17.3 Å². The van der Waals surface area contributed by atoms with Crippen molar-refractivity contribution in [2.45, 2.75) is 62.4 Å². The molecule has 2 atom stereocenters. The number of nitrogens with one attached hydrogen (secondary N) is 2. The number of carbonyl (C=O) groups is 2. The quantitative estimate of drug-likeness (QED) is 0.576. The largest absolute Gasteiger partial charge is 0.352 e. The van der Waals surface area contributed by atoms with E-state index in [9.17, 15) is 9.59 Å². The van der Waals surface area contributed by atoms with Gasteiger partial charge in [-0.2, -0.15) is 5.10 Å². The molecule has 2 aromatic rings. The fourth-order valence-electron chi connectivity index (χ4n) is 6.65. The molecule has 6 rings (SSSR count). The average molecular weight is 485 g/mol. The number of hydrogen-bond donors (Lipinski definition) is 2. The SMILES string of the molecule is O=C(CC12CC3CC(CC(Br)(C3)C1)C2)NCc1cccc(NC(=O)Cn2cccn2)c1. The number of anilines is 1. The Hall–Kier alpha value is -2.15.